The number of aryl methyl sites for hydroxylation is 2. The summed E-state index contributed by atoms with van der Waals surface area (Å²) >= 11 is 0. The molecule has 6 nitrogen and oxygen atoms in total. The number of aromatic nitrogens is 3. The Labute approximate surface area is 146 Å². The lowest BCUT2D eigenvalue weighted by molar-refractivity contribution is -0.117. The highest BCUT2D eigenvalue weighted by Gasteiger charge is 2.21. The monoisotopic (exact) mass is 336 g/mol. The maximum Gasteiger partial charge on any atom is 0.241 e. The van der Waals surface area contributed by atoms with Crippen molar-refractivity contribution in [1.29, 1.82) is 0 Å². The Morgan fingerprint density at radius 1 is 1.20 bits per heavy atom. The van der Waals surface area contributed by atoms with Crippen LogP contribution in [0.4, 0.5) is 5.69 Å². The molecule has 128 valence electrons. The minimum atomic E-state index is -0.285. The van der Waals surface area contributed by atoms with Crippen molar-refractivity contribution in [3.8, 4) is 11.6 Å². The fraction of sp³-hybridized carbons (Fsp3) is 0.211. The van der Waals surface area contributed by atoms with Gasteiger partial charge >= 0.3 is 0 Å². The molecule has 0 aliphatic heterocycles. The molecule has 3 rings (SSSR count). The Morgan fingerprint density at radius 2 is 1.96 bits per heavy atom. The molecular weight excluding hydrogens is 316 g/mol. The number of benzene rings is 1. The lowest BCUT2D eigenvalue weighted by atomic mass is 10.0. The van der Waals surface area contributed by atoms with Crippen LogP contribution in [0, 0.1) is 6.92 Å². The molecule has 3 aromatic rings. The highest BCUT2D eigenvalue weighted by atomic mass is 16.5. The van der Waals surface area contributed by atoms with Crippen LogP contribution in [-0.4, -0.2) is 20.7 Å². The van der Waals surface area contributed by atoms with Crippen molar-refractivity contribution in [2.24, 2.45) is 7.05 Å². The van der Waals surface area contributed by atoms with Gasteiger partial charge in [0, 0.05) is 13.2 Å². The topological polar surface area (TPSA) is 69.0 Å². The van der Waals surface area contributed by atoms with E-state index in [1.807, 2.05) is 44.2 Å². The third-order valence-corrected chi connectivity index (χ3v) is 3.96. The zero-order valence-electron chi connectivity index (χ0n) is 14.4. The molecule has 1 amide bonds. The van der Waals surface area contributed by atoms with Gasteiger partial charge in [0.2, 0.25) is 11.8 Å². The van der Waals surface area contributed by atoms with E-state index in [9.17, 15) is 4.79 Å². The molecule has 1 N–H and O–H groups in total. The molecule has 0 fully saturated rings. The van der Waals surface area contributed by atoms with E-state index in [2.05, 4.69) is 15.4 Å². The van der Waals surface area contributed by atoms with Crippen molar-refractivity contribution >= 4 is 11.6 Å². The summed E-state index contributed by atoms with van der Waals surface area (Å²) in [6.45, 7) is 3.71. The number of pyridine rings is 1. The van der Waals surface area contributed by atoms with Gasteiger partial charge in [-0.25, -0.2) is 4.68 Å². The number of carbonyl (C=O) groups is 1. The van der Waals surface area contributed by atoms with Crippen molar-refractivity contribution in [3.63, 3.8) is 0 Å². The van der Waals surface area contributed by atoms with Crippen LogP contribution in [0.15, 0.2) is 54.9 Å². The predicted octanol–water partition coefficient (Wildman–Crippen LogP) is 3.66. The van der Waals surface area contributed by atoms with Crippen LogP contribution in [0.5, 0.6) is 11.6 Å². The number of amides is 1. The molecule has 0 radical (unpaired) electrons. The lowest BCUT2D eigenvalue weighted by Crippen LogP contribution is -2.19. The quantitative estimate of drug-likeness (QED) is 0.772. The van der Waals surface area contributed by atoms with E-state index in [1.54, 1.807) is 36.3 Å². The van der Waals surface area contributed by atoms with Crippen molar-refractivity contribution in [2.75, 3.05) is 5.32 Å². The highest BCUT2D eigenvalue weighted by molar-refractivity contribution is 5.97. The summed E-state index contributed by atoms with van der Waals surface area (Å²) in [5.74, 6) is 0.654. The Kier molecular flexibility index (Phi) is 4.79. The second kappa shape index (κ2) is 7.17. The van der Waals surface area contributed by atoms with Crippen LogP contribution in [-0.2, 0) is 11.8 Å². The maximum atomic E-state index is 12.7. The second-order valence-electron chi connectivity index (χ2n) is 5.80. The molecule has 2 heterocycles. The van der Waals surface area contributed by atoms with Crippen molar-refractivity contribution < 1.29 is 9.53 Å². The van der Waals surface area contributed by atoms with Gasteiger partial charge in [0.1, 0.15) is 11.4 Å². The minimum Gasteiger partial charge on any atom is -0.436 e. The first-order valence-electron chi connectivity index (χ1n) is 8.03. The number of hydrogen-bond donors (Lipinski definition) is 1. The Balaban J connectivity index is 1.84. The standard InChI is InChI=1S/C19H20N4O2/c1-13(15-8-5-4-6-9-15)18(24)21-17-14(2)22-23(3)19(17)25-16-10-7-11-20-12-16/h4-13H,1-3H3,(H,21,24)/t13-/m1/s1. The summed E-state index contributed by atoms with van der Waals surface area (Å²) in [5.41, 5.74) is 2.21. The molecule has 0 spiro atoms. The number of hydrogen-bond acceptors (Lipinski definition) is 4. The molecule has 0 saturated heterocycles. The molecule has 25 heavy (non-hydrogen) atoms. The molecule has 0 unspecified atom stereocenters. The molecule has 6 heteroatoms. The number of nitrogens with zero attached hydrogens (tertiary/aromatic N) is 3. The zero-order valence-corrected chi connectivity index (χ0v) is 14.4. The van der Waals surface area contributed by atoms with Crippen LogP contribution in [0.1, 0.15) is 24.1 Å². The number of nitrogens with one attached hydrogen (secondary N) is 1. The van der Waals surface area contributed by atoms with Crippen LogP contribution in [0.3, 0.4) is 0 Å². The first-order valence-corrected chi connectivity index (χ1v) is 8.03. The van der Waals surface area contributed by atoms with E-state index in [0.717, 1.165) is 5.56 Å². The van der Waals surface area contributed by atoms with Gasteiger partial charge in [-0.05, 0) is 31.5 Å². The lowest BCUT2D eigenvalue weighted by Gasteiger charge is -2.14. The van der Waals surface area contributed by atoms with Crippen LogP contribution < -0.4 is 10.1 Å². The average Bonchev–Trinajstić information content (AvgIpc) is 2.89. The first kappa shape index (κ1) is 16.7. The third kappa shape index (κ3) is 3.68. The summed E-state index contributed by atoms with van der Waals surface area (Å²) in [7, 11) is 1.77. The molecule has 1 aromatic carbocycles. The van der Waals surface area contributed by atoms with E-state index in [4.69, 9.17) is 4.74 Å². The van der Waals surface area contributed by atoms with Gasteiger partial charge in [0.05, 0.1) is 17.8 Å². The highest BCUT2D eigenvalue weighted by Crippen LogP contribution is 2.32. The van der Waals surface area contributed by atoms with Crippen LogP contribution in [0.2, 0.25) is 0 Å². The Morgan fingerprint density at radius 3 is 2.64 bits per heavy atom. The molecule has 1 atom stereocenters. The van der Waals surface area contributed by atoms with Gasteiger partial charge in [0.25, 0.3) is 0 Å². The third-order valence-electron chi connectivity index (χ3n) is 3.96. The molecule has 0 bridgehead atoms. The summed E-state index contributed by atoms with van der Waals surface area (Å²) in [5, 5.41) is 7.30. The van der Waals surface area contributed by atoms with Gasteiger partial charge in [-0.3, -0.25) is 9.78 Å². The van der Waals surface area contributed by atoms with Crippen molar-refractivity contribution in [1.82, 2.24) is 14.8 Å². The minimum absolute atomic E-state index is 0.113. The Bertz CT molecular complexity index is 860. The van der Waals surface area contributed by atoms with Gasteiger partial charge in [-0.1, -0.05) is 30.3 Å². The first-order chi connectivity index (χ1) is 12.1. The van der Waals surface area contributed by atoms with Gasteiger partial charge in [0.15, 0.2) is 0 Å². The molecular formula is C19H20N4O2. The number of rotatable bonds is 5. The Hall–Kier alpha value is -3.15. The predicted molar refractivity (Wildman–Crippen MR) is 95.7 cm³/mol. The summed E-state index contributed by atoms with van der Waals surface area (Å²) < 4.78 is 7.47. The fourth-order valence-electron chi connectivity index (χ4n) is 2.54. The smallest absolute Gasteiger partial charge is 0.241 e. The number of ether oxygens (including phenoxy) is 1. The van der Waals surface area contributed by atoms with E-state index in [-0.39, 0.29) is 11.8 Å². The van der Waals surface area contributed by atoms with Gasteiger partial charge in [-0.15, -0.1) is 0 Å². The number of carbonyl (C=O) groups excluding carboxylic acids is 1. The van der Waals surface area contributed by atoms with E-state index >= 15 is 0 Å². The second-order valence-corrected chi connectivity index (χ2v) is 5.80. The molecule has 2 aromatic heterocycles. The number of anilines is 1. The van der Waals surface area contributed by atoms with E-state index < -0.39 is 0 Å². The van der Waals surface area contributed by atoms with Crippen molar-refractivity contribution in [2.45, 2.75) is 19.8 Å². The van der Waals surface area contributed by atoms with Crippen LogP contribution >= 0.6 is 0 Å². The molecule has 0 saturated carbocycles. The maximum absolute atomic E-state index is 12.7. The van der Waals surface area contributed by atoms with E-state index in [1.165, 1.54) is 0 Å². The average molecular weight is 336 g/mol. The summed E-state index contributed by atoms with van der Waals surface area (Å²) in [6, 6.07) is 13.2. The molecule has 0 aliphatic rings. The summed E-state index contributed by atoms with van der Waals surface area (Å²) in [6.07, 6.45) is 3.28. The summed E-state index contributed by atoms with van der Waals surface area (Å²) in [4.78, 5) is 16.7. The fourth-order valence-corrected chi connectivity index (χ4v) is 2.54. The van der Waals surface area contributed by atoms with E-state index in [0.29, 0.717) is 23.0 Å². The van der Waals surface area contributed by atoms with Gasteiger partial charge in [-0.2, -0.15) is 5.10 Å². The van der Waals surface area contributed by atoms with Crippen molar-refractivity contribution in [3.05, 3.63) is 66.1 Å². The normalized spacial score (nSPS) is 11.8. The zero-order chi connectivity index (χ0) is 17.8. The van der Waals surface area contributed by atoms with Crippen LogP contribution in [0.25, 0.3) is 0 Å². The SMILES string of the molecule is Cc1nn(C)c(Oc2cccnc2)c1NC(=O)[C@H](C)c1ccccc1. The largest absolute Gasteiger partial charge is 0.436 e. The molecule has 0 aliphatic carbocycles. The van der Waals surface area contributed by atoms with Gasteiger partial charge < -0.3 is 10.1 Å².